The van der Waals surface area contributed by atoms with Crippen LogP contribution in [0.1, 0.15) is 56.8 Å². The summed E-state index contributed by atoms with van der Waals surface area (Å²) < 4.78 is 15.2. The van der Waals surface area contributed by atoms with E-state index < -0.39 is 16.7 Å². The van der Waals surface area contributed by atoms with Gasteiger partial charge in [-0.2, -0.15) is 0 Å². The summed E-state index contributed by atoms with van der Waals surface area (Å²) in [5.74, 6) is -1.73. The van der Waals surface area contributed by atoms with Gasteiger partial charge < -0.3 is 15.3 Å². The Morgan fingerprint density at radius 3 is 2.51 bits per heavy atom. The number of hydrogen-bond acceptors (Lipinski definition) is 5. The number of carboxylic acid groups (broad SMARTS) is 1. The maximum Gasteiger partial charge on any atom is 0.336 e. The van der Waals surface area contributed by atoms with Crippen molar-refractivity contribution in [3.05, 3.63) is 129 Å². The minimum absolute atomic E-state index is 0.00846. The lowest BCUT2D eigenvalue weighted by Gasteiger charge is -2.32. The zero-order valence-corrected chi connectivity index (χ0v) is 22.3. The highest BCUT2D eigenvalue weighted by molar-refractivity contribution is 5.96. The van der Waals surface area contributed by atoms with Crippen molar-refractivity contribution in [2.24, 2.45) is 0 Å². The molecule has 0 fully saturated rings. The number of rotatable bonds is 8. The standard InChI is InChI=1S/C32H28FN3O5/c1-20(21-10-13-26(14-11-21)36(40)41)34-31(37)24-12-15-30-23(17-24)5-4-16-35(30)19-25-9-8-22(18-29(25)33)27-6-2-3-7-28(27)32(38)39/h2-3,6-15,17-18,20H,4-5,16,19H2,1H3,(H,34,37)(H,38,39). The van der Waals surface area contributed by atoms with Crippen LogP contribution >= 0.6 is 0 Å². The van der Waals surface area contributed by atoms with Gasteiger partial charge in [-0.15, -0.1) is 0 Å². The smallest absolute Gasteiger partial charge is 0.336 e. The number of nitro groups is 1. The number of hydrogen-bond donors (Lipinski definition) is 2. The molecule has 8 nitrogen and oxygen atoms in total. The van der Waals surface area contributed by atoms with Crippen LogP contribution in [0, 0.1) is 15.9 Å². The molecule has 1 aliphatic heterocycles. The molecule has 4 aromatic carbocycles. The Labute approximate surface area is 236 Å². The molecule has 208 valence electrons. The molecule has 1 aliphatic rings. The predicted molar refractivity (Wildman–Crippen MR) is 154 cm³/mol. The number of benzene rings is 4. The Hall–Kier alpha value is -5.05. The molecule has 0 saturated carbocycles. The van der Waals surface area contributed by atoms with Crippen molar-refractivity contribution in [1.29, 1.82) is 0 Å². The molecule has 0 spiro atoms. The van der Waals surface area contributed by atoms with Crippen molar-refractivity contribution in [2.45, 2.75) is 32.4 Å². The summed E-state index contributed by atoms with van der Waals surface area (Å²) in [7, 11) is 0. The average Bonchev–Trinajstić information content (AvgIpc) is 2.98. The number of aromatic carboxylic acids is 1. The molecule has 1 unspecified atom stereocenters. The second kappa shape index (κ2) is 11.6. The first-order valence-electron chi connectivity index (χ1n) is 13.3. The molecular formula is C32H28FN3O5. The Balaban J connectivity index is 1.30. The molecular weight excluding hydrogens is 525 g/mol. The third kappa shape index (κ3) is 5.94. The highest BCUT2D eigenvalue weighted by Crippen LogP contribution is 2.32. The number of fused-ring (bicyclic) bond motifs is 1. The minimum Gasteiger partial charge on any atom is -0.478 e. The second-order valence-corrected chi connectivity index (χ2v) is 10.1. The molecule has 4 aromatic rings. The SMILES string of the molecule is CC(NC(=O)c1ccc2c(c1)CCCN2Cc1ccc(-c2ccccc2C(=O)O)cc1F)c1ccc([N+](=O)[O-])cc1. The van der Waals surface area contributed by atoms with E-state index in [2.05, 4.69) is 10.2 Å². The van der Waals surface area contributed by atoms with Crippen molar-refractivity contribution < 1.29 is 24.0 Å². The normalized spacial score (nSPS) is 13.3. The molecule has 0 aliphatic carbocycles. The quantitative estimate of drug-likeness (QED) is 0.189. The van der Waals surface area contributed by atoms with Gasteiger partial charge in [0.05, 0.1) is 16.5 Å². The summed E-state index contributed by atoms with van der Waals surface area (Å²) >= 11 is 0. The summed E-state index contributed by atoms with van der Waals surface area (Å²) in [6, 6.07) is 22.6. The number of halogens is 1. The lowest BCUT2D eigenvalue weighted by atomic mass is 9.96. The third-order valence-corrected chi connectivity index (χ3v) is 7.39. The summed E-state index contributed by atoms with van der Waals surface area (Å²) in [5.41, 5.74) is 4.77. The largest absolute Gasteiger partial charge is 0.478 e. The number of amides is 1. The van der Waals surface area contributed by atoms with E-state index in [1.54, 1.807) is 48.5 Å². The van der Waals surface area contributed by atoms with Crippen molar-refractivity contribution in [3.63, 3.8) is 0 Å². The number of nitrogens with zero attached hydrogens (tertiary/aromatic N) is 2. The summed E-state index contributed by atoms with van der Waals surface area (Å²) in [4.78, 5) is 37.1. The van der Waals surface area contributed by atoms with Crippen LogP contribution in [0.2, 0.25) is 0 Å². The minimum atomic E-state index is -1.07. The topological polar surface area (TPSA) is 113 Å². The van der Waals surface area contributed by atoms with Gasteiger partial charge in [0, 0.05) is 42.0 Å². The highest BCUT2D eigenvalue weighted by Gasteiger charge is 2.21. The zero-order valence-electron chi connectivity index (χ0n) is 22.3. The molecule has 0 saturated heterocycles. The fourth-order valence-corrected chi connectivity index (χ4v) is 5.20. The number of carbonyl (C=O) groups is 2. The Morgan fingerprint density at radius 2 is 1.80 bits per heavy atom. The van der Waals surface area contributed by atoms with Crippen LogP contribution in [0.25, 0.3) is 11.1 Å². The number of anilines is 1. The molecule has 1 amide bonds. The van der Waals surface area contributed by atoms with E-state index in [1.807, 2.05) is 19.1 Å². The number of nitro benzene ring substituents is 1. The van der Waals surface area contributed by atoms with Gasteiger partial charge in [0.1, 0.15) is 5.82 Å². The van der Waals surface area contributed by atoms with Crippen LogP contribution in [0.3, 0.4) is 0 Å². The first-order valence-corrected chi connectivity index (χ1v) is 13.3. The van der Waals surface area contributed by atoms with Gasteiger partial charge >= 0.3 is 5.97 Å². The summed E-state index contributed by atoms with van der Waals surface area (Å²) in [6.07, 6.45) is 1.64. The van der Waals surface area contributed by atoms with E-state index >= 15 is 4.39 Å². The van der Waals surface area contributed by atoms with Gasteiger partial charge in [-0.1, -0.05) is 42.5 Å². The molecule has 9 heteroatoms. The van der Waals surface area contributed by atoms with Crippen LogP contribution in [-0.4, -0.2) is 28.5 Å². The van der Waals surface area contributed by atoms with Crippen molar-refractivity contribution in [1.82, 2.24) is 5.32 Å². The van der Waals surface area contributed by atoms with Crippen LogP contribution in [-0.2, 0) is 13.0 Å². The van der Waals surface area contributed by atoms with Gasteiger partial charge in [-0.05, 0) is 72.4 Å². The lowest BCUT2D eigenvalue weighted by Crippen LogP contribution is -2.30. The van der Waals surface area contributed by atoms with Crippen LogP contribution < -0.4 is 10.2 Å². The Bertz CT molecular complexity index is 1640. The summed E-state index contributed by atoms with van der Waals surface area (Å²) in [6.45, 7) is 2.89. The first kappa shape index (κ1) is 27.5. The molecule has 5 rings (SSSR count). The fraction of sp³-hybridized carbons (Fsp3) is 0.188. The molecule has 1 heterocycles. The molecule has 0 radical (unpaired) electrons. The van der Waals surface area contributed by atoms with Crippen molar-refractivity contribution >= 4 is 23.3 Å². The summed E-state index contributed by atoms with van der Waals surface area (Å²) in [5, 5.41) is 23.3. The van der Waals surface area contributed by atoms with Gasteiger partial charge in [-0.25, -0.2) is 9.18 Å². The maximum atomic E-state index is 15.2. The molecule has 0 bridgehead atoms. The van der Waals surface area contributed by atoms with E-state index in [1.165, 1.54) is 24.3 Å². The van der Waals surface area contributed by atoms with Crippen LogP contribution in [0.5, 0.6) is 0 Å². The second-order valence-electron chi connectivity index (χ2n) is 10.1. The number of carboxylic acids is 1. The molecule has 1 atom stereocenters. The van der Waals surface area contributed by atoms with E-state index in [9.17, 15) is 24.8 Å². The van der Waals surface area contributed by atoms with E-state index in [4.69, 9.17) is 0 Å². The number of non-ortho nitro benzene ring substituents is 1. The van der Waals surface area contributed by atoms with Crippen molar-refractivity contribution in [2.75, 3.05) is 11.4 Å². The van der Waals surface area contributed by atoms with E-state index in [0.29, 0.717) is 28.8 Å². The average molecular weight is 554 g/mol. The van der Waals surface area contributed by atoms with Gasteiger partial charge in [-0.3, -0.25) is 14.9 Å². The highest BCUT2D eigenvalue weighted by atomic mass is 19.1. The van der Waals surface area contributed by atoms with Gasteiger partial charge in [0.15, 0.2) is 0 Å². The fourth-order valence-electron chi connectivity index (χ4n) is 5.20. The third-order valence-electron chi connectivity index (χ3n) is 7.39. The number of carbonyl (C=O) groups excluding carboxylic acids is 1. The van der Waals surface area contributed by atoms with E-state index in [-0.39, 0.29) is 23.2 Å². The molecule has 0 aromatic heterocycles. The Kier molecular flexibility index (Phi) is 7.78. The lowest BCUT2D eigenvalue weighted by molar-refractivity contribution is -0.384. The molecule has 2 N–H and O–H groups in total. The number of nitrogens with one attached hydrogen (secondary N) is 1. The maximum absolute atomic E-state index is 15.2. The van der Waals surface area contributed by atoms with Crippen molar-refractivity contribution in [3.8, 4) is 11.1 Å². The predicted octanol–water partition coefficient (Wildman–Crippen LogP) is 6.54. The first-order chi connectivity index (χ1) is 19.7. The zero-order chi connectivity index (χ0) is 29.1. The van der Waals surface area contributed by atoms with Gasteiger partial charge in [0.25, 0.3) is 11.6 Å². The Morgan fingerprint density at radius 1 is 1.05 bits per heavy atom. The van der Waals surface area contributed by atoms with Crippen LogP contribution in [0.4, 0.5) is 15.8 Å². The molecule has 41 heavy (non-hydrogen) atoms. The monoisotopic (exact) mass is 553 g/mol. The number of aryl methyl sites for hydroxylation is 1. The van der Waals surface area contributed by atoms with E-state index in [0.717, 1.165) is 36.2 Å². The van der Waals surface area contributed by atoms with Crippen LogP contribution in [0.15, 0.2) is 84.9 Å². The van der Waals surface area contributed by atoms with Gasteiger partial charge in [0.2, 0.25) is 0 Å².